The monoisotopic (exact) mass is 359 g/mol. The fourth-order valence-electron chi connectivity index (χ4n) is 2.87. The van der Waals surface area contributed by atoms with Crippen molar-refractivity contribution < 1.29 is 9.15 Å². The minimum Gasteiger partial charge on any atom is -0.494 e. The zero-order chi connectivity index (χ0) is 18.0. The molecule has 0 amide bonds. The summed E-state index contributed by atoms with van der Waals surface area (Å²) < 4.78 is 11.9. The number of para-hydroxylation sites is 1. The maximum Gasteiger partial charge on any atom is 0.422 e. The van der Waals surface area contributed by atoms with Crippen LogP contribution in [0.1, 0.15) is 17.5 Å². The van der Waals surface area contributed by atoms with Crippen LogP contribution in [0.3, 0.4) is 0 Å². The highest BCUT2D eigenvalue weighted by molar-refractivity contribution is 6.35. The van der Waals surface area contributed by atoms with Crippen LogP contribution in [0.5, 0.6) is 5.75 Å². The van der Waals surface area contributed by atoms with E-state index in [9.17, 15) is 9.59 Å². The molecule has 0 radical (unpaired) electrons. The second-order valence-corrected chi connectivity index (χ2v) is 6.38. The molecule has 1 aromatic heterocycles. The average Bonchev–Trinajstić information content (AvgIpc) is 2.53. The lowest BCUT2D eigenvalue weighted by Crippen LogP contribution is -2.26. The summed E-state index contributed by atoms with van der Waals surface area (Å²) in [5, 5.41) is 0.639. The minimum atomic E-state index is -0.711. The van der Waals surface area contributed by atoms with Gasteiger partial charge in [0.15, 0.2) is 0 Å². The number of hydrogen-bond donors (Lipinski definition) is 0. The molecule has 0 aliphatic carbocycles. The van der Waals surface area contributed by atoms with Crippen molar-refractivity contribution in [2.45, 2.75) is 26.8 Å². The molecule has 0 fully saturated rings. The molecular formula is C19H18ClNO4. The SMILES string of the molecule is Cc1cc(C)cc(OCCCn2c(=O)oc(=O)c3cccc(Cl)c32)c1. The van der Waals surface area contributed by atoms with E-state index >= 15 is 0 Å². The van der Waals surface area contributed by atoms with E-state index in [1.807, 2.05) is 26.0 Å². The number of halogens is 1. The van der Waals surface area contributed by atoms with Gasteiger partial charge in [0.1, 0.15) is 5.75 Å². The Labute approximate surface area is 149 Å². The maximum atomic E-state index is 12.1. The molecule has 0 aliphatic heterocycles. The summed E-state index contributed by atoms with van der Waals surface area (Å²) in [5.74, 6) is 0.0873. The number of ether oxygens (including phenoxy) is 1. The van der Waals surface area contributed by atoms with Crippen LogP contribution >= 0.6 is 11.6 Å². The van der Waals surface area contributed by atoms with Gasteiger partial charge in [0, 0.05) is 6.54 Å². The molecule has 1 heterocycles. The van der Waals surface area contributed by atoms with Gasteiger partial charge in [0.2, 0.25) is 0 Å². The average molecular weight is 360 g/mol. The standard InChI is InChI=1S/C19H18ClNO4/c1-12-9-13(2)11-14(10-12)24-8-4-7-21-17-15(5-3-6-16(17)20)18(22)25-19(21)23/h3,5-6,9-11H,4,7-8H2,1-2H3. The minimum absolute atomic E-state index is 0.294. The molecular weight excluding hydrogens is 342 g/mol. The van der Waals surface area contributed by atoms with Crippen molar-refractivity contribution in [2.75, 3.05) is 6.61 Å². The Hall–Kier alpha value is -2.53. The molecule has 0 saturated heterocycles. The second kappa shape index (κ2) is 7.15. The van der Waals surface area contributed by atoms with Crippen molar-refractivity contribution in [3.63, 3.8) is 0 Å². The van der Waals surface area contributed by atoms with E-state index in [0.717, 1.165) is 16.9 Å². The van der Waals surface area contributed by atoms with Crippen molar-refractivity contribution in [1.82, 2.24) is 4.57 Å². The first-order valence-electron chi connectivity index (χ1n) is 7.99. The van der Waals surface area contributed by atoms with Gasteiger partial charge >= 0.3 is 11.4 Å². The molecule has 0 atom stereocenters. The third-order valence-electron chi connectivity index (χ3n) is 3.87. The van der Waals surface area contributed by atoms with Crippen LogP contribution in [-0.2, 0) is 6.54 Å². The molecule has 2 aromatic carbocycles. The first kappa shape index (κ1) is 17.3. The highest BCUT2D eigenvalue weighted by Gasteiger charge is 2.12. The van der Waals surface area contributed by atoms with Crippen LogP contribution in [0, 0.1) is 13.8 Å². The summed E-state index contributed by atoms with van der Waals surface area (Å²) in [7, 11) is 0. The first-order valence-corrected chi connectivity index (χ1v) is 8.37. The smallest absolute Gasteiger partial charge is 0.422 e. The largest absolute Gasteiger partial charge is 0.494 e. The van der Waals surface area contributed by atoms with Gasteiger partial charge in [-0.25, -0.2) is 9.59 Å². The van der Waals surface area contributed by atoms with E-state index in [1.165, 1.54) is 4.57 Å². The fraction of sp³-hybridized carbons (Fsp3) is 0.263. The Morgan fingerprint density at radius 2 is 1.84 bits per heavy atom. The second-order valence-electron chi connectivity index (χ2n) is 5.97. The molecule has 0 N–H and O–H groups in total. The van der Waals surface area contributed by atoms with Gasteiger partial charge in [-0.1, -0.05) is 23.7 Å². The van der Waals surface area contributed by atoms with Gasteiger partial charge in [-0.3, -0.25) is 4.57 Å². The molecule has 0 bridgehead atoms. The zero-order valence-corrected chi connectivity index (χ0v) is 14.8. The predicted molar refractivity (Wildman–Crippen MR) is 97.8 cm³/mol. The molecule has 6 heteroatoms. The Kier molecular flexibility index (Phi) is 4.95. The first-order chi connectivity index (χ1) is 12.0. The van der Waals surface area contributed by atoms with E-state index in [4.69, 9.17) is 20.8 Å². The van der Waals surface area contributed by atoms with Gasteiger partial charge in [0.25, 0.3) is 0 Å². The van der Waals surface area contributed by atoms with E-state index in [1.54, 1.807) is 18.2 Å². The van der Waals surface area contributed by atoms with Crippen molar-refractivity contribution in [3.8, 4) is 5.75 Å². The Bertz CT molecular complexity index is 1020. The summed E-state index contributed by atoms with van der Waals surface area (Å²) in [6.07, 6.45) is 0.570. The van der Waals surface area contributed by atoms with Crippen LogP contribution in [-0.4, -0.2) is 11.2 Å². The van der Waals surface area contributed by atoms with Crippen molar-refractivity contribution in [2.24, 2.45) is 0 Å². The lowest BCUT2D eigenvalue weighted by atomic mass is 10.1. The molecule has 0 saturated carbocycles. The summed E-state index contributed by atoms with van der Waals surface area (Å²) in [6, 6.07) is 10.9. The predicted octanol–water partition coefficient (Wildman–Crippen LogP) is 3.69. The number of nitrogens with zero attached hydrogens (tertiary/aromatic N) is 1. The molecule has 130 valence electrons. The van der Waals surface area contributed by atoms with E-state index in [-0.39, 0.29) is 0 Å². The molecule has 0 unspecified atom stereocenters. The maximum absolute atomic E-state index is 12.1. The molecule has 0 spiro atoms. The molecule has 25 heavy (non-hydrogen) atoms. The Balaban J connectivity index is 1.78. The zero-order valence-electron chi connectivity index (χ0n) is 14.0. The van der Waals surface area contributed by atoms with Crippen LogP contribution < -0.4 is 16.1 Å². The summed E-state index contributed by atoms with van der Waals surface area (Å²) in [5.41, 5.74) is 1.99. The number of hydrogen-bond acceptors (Lipinski definition) is 4. The normalized spacial score (nSPS) is 11.0. The number of aryl methyl sites for hydroxylation is 3. The summed E-state index contributed by atoms with van der Waals surface area (Å²) >= 11 is 6.18. The Morgan fingerprint density at radius 3 is 2.56 bits per heavy atom. The molecule has 3 rings (SSSR count). The fourth-order valence-corrected chi connectivity index (χ4v) is 3.14. The molecule has 5 nitrogen and oxygen atoms in total. The highest BCUT2D eigenvalue weighted by atomic mass is 35.5. The molecule has 0 aliphatic rings. The third-order valence-corrected chi connectivity index (χ3v) is 4.17. The third kappa shape index (κ3) is 3.77. The van der Waals surface area contributed by atoms with Gasteiger partial charge in [-0.15, -0.1) is 0 Å². The van der Waals surface area contributed by atoms with Crippen molar-refractivity contribution >= 4 is 22.5 Å². The van der Waals surface area contributed by atoms with E-state index in [0.29, 0.717) is 35.5 Å². The van der Waals surface area contributed by atoms with Gasteiger partial charge < -0.3 is 9.15 Å². The lowest BCUT2D eigenvalue weighted by Gasteiger charge is -2.11. The van der Waals surface area contributed by atoms with Crippen molar-refractivity contribution in [3.05, 3.63) is 73.5 Å². The summed E-state index contributed by atoms with van der Waals surface area (Å²) in [6.45, 7) is 4.80. The van der Waals surface area contributed by atoms with Crippen LogP contribution in [0.25, 0.3) is 10.9 Å². The van der Waals surface area contributed by atoms with Gasteiger partial charge in [-0.2, -0.15) is 0 Å². The number of aromatic nitrogens is 1. The van der Waals surface area contributed by atoms with Gasteiger partial charge in [-0.05, 0) is 55.7 Å². The quantitative estimate of drug-likeness (QED) is 0.652. The van der Waals surface area contributed by atoms with Crippen LogP contribution in [0.4, 0.5) is 0 Å². The van der Waals surface area contributed by atoms with Crippen LogP contribution in [0.2, 0.25) is 5.02 Å². The Morgan fingerprint density at radius 1 is 1.12 bits per heavy atom. The number of benzene rings is 2. The highest BCUT2D eigenvalue weighted by Crippen LogP contribution is 2.20. The van der Waals surface area contributed by atoms with Gasteiger partial charge in [0.05, 0.1) is 22.5 Å². The molecule has 3 aromatic rings. The number of rotatable bonds is 5. The van der Waals surface area contributed by atoms with E-state index in [2.05, 4.69) is 6.07 Å². The van der Waals surface area contributed by atoms with E-state index < -0.39 is 11.4 Å². The lowest BCUT2D eigenvalue weighted by molar-refractivity contribution is 0.296. The van der Waals surface area contributed by atoms with Crippen LogP contribution in [0.15, 0.2) is 50.4 Å². The number of fused-ring (bicyclic) bond motifs is 1. The topological polar surface area (TPSA) is 61.4 Å². The van der Waals surface area contributed by atoms with Crippen molar-refractivity contribution in [1.29, 1.82) is 0 Å². The summed E-state index contributed by atoms with van der Waals surface area (Å²) in [4.78, 5) is 23.9.